The Bertz CT molecular complexity index is 628. The minimum absolute atomic E-state index is 0.0647. The molecule has 4 nitrogen and oxygen atoms in total. The first-order valence-corrected chi connectivity index (χ1v) is 7.46. The number of fused-ring (bicyclic) bond motifs is 1. The van der Waals surface area contributed by atoms with Crippen LogP contribution < -0.4 is 9.47 Å². The topological polar surface area (TPSA) is 44.2 Å². The number of benzene rings is 1. The molecule has 2 aromatic rings. The van der Waals surface area contributed by atoms with Crippen LogP contribution in [-0.4, -0.2) is 22.7 Å². The van der Waals surface area contributed by atoms with Crippen molar-refractivity contribution in [2.75, 3.05) is 6.61 Å². The SMILES string of the molecule is CCc1nc(CC[C@@H]2COc3ccccc3O2)ncc1C. The van der Waals surface area contributed by atoms with Crippen LogP contribution in [0.15, 0.2) is 30.5 Å². The van der Waals surface area contributed by atoms with Crippen LogP contribution in [0.1, 0.15) is 30.4 Å². The van der Waals surface area contributed by atoms with E-state index in [0.717, 1.165) is 47.8 Å². The Balaban J connectivity index is 1.61. The van der Waals surface area contributed by atoms with Gasteiger partial charge in [0.05, 0.1) is 0 Å². The second kappa shape index (κ2) is 6.12. The Labute approximate surface area is 125 Å². The molecule has 0 bridgehead atoms. The number of rotatable bonds is 4. The zero-order chi connectivity index (χ0) is 14.7. The average molecular weight is 284 g/mol. The van der Waals surface area contributed by atoms with Crippen LogP contribution in [0.25, 0.3) is 0 Å². The highest BCUT2D eigenvalue weighted by Gasteiger charge is 2.20. The van der Waals surface area contributed by atoms with Crippen LogP contribution in [0, 0.1) is 6.92 Å². The average Bonchev–Trinajstić information content (AvgIpc) is 2.54. The number of ether oxygens (including phenoxy) is 2. The Morgan fingerprint density at radius 1 is 1.24 bits per heavy atom. The van der Waals surface area contributed by atoms with Gasteiger partial charge in [0.25, 0.3) is 0 Å². The van der Waals surface area contributed by atoms with Crippen LogP contribution in [0.2, 0.25) is 0 Å². The third-order valence-electron chi connectivity index (χ3n) is 3.72. The fourth-order valence-electron chi connectivity index (χ4n) is 2.49. The van der Waals surface area contributed by atoms with E-state index in [0.29, 0.717) is 6.61 Å². The predicted octanol–water partition coefficient (Wildman–Crippen LogP) is 3.12. The summed E-state index contributed by atoms with van der Waals surface area (Å²) in [6.45, 7) is 4.76. The molecule has 1 aliphatic rings. The molecule has 2 heterocycles. The zero-order valence-electron chi connectivity index (χ0n) is 12.5. The Morgan fingerprint density at radius 3 is 2.86 bits per heavy atom. The van der Waals surface area contributed by atoms with Crippen molar-refractivity contribution in [2.24, 2.45) is 0 Å². The maximum atomic E-state index is 5.95. The summed E-state index contributed by atoms with van der Waals surface area (Å²) in [7, 11) is 0. The molecule has 0 N–H and O–H groups in total. The van der Waals surface area contributed by atoms with Gasteiger partial charge in [-0.25, -0.2) is 9.97 Å². The summed E-state index contributed by atoms with van der Waals surface area (Å²) in [5.41, 5.74) is 2.29. The number of nitrogens with zero attached hydrogens (tertiary/aromatic N) is 2. The van der Waals surface area contributed by atoms with Gasteiger partial charge in [-0.05, 0) is 37.5 Å². The second-order valence-electron chi connectivity index (χ2n) is 5.31. The number of aromatic nitrogens is 2. The summed E-state index contributed by atoms with van der Waals surface area (Å²) in [4.78, 5) is 9.02. The molecule has 1 aliphatic heterocycles. The molecular weight excluding hydrogens is 264 g/mol. The number of hydrogen-bond acceptors (Lipinski definition) is 4. The lowest BCUT2D eigenvalue weighted by Gasteiger charge is -2.26. The van der Waals surface area contributed by atoms with Crippen molar-refractivity contribution >= 4 is 0 Å². The molecule has 4 heteroatoms. The van der Waals surface area contributed by atoms with Gasteiger partial charge in [0, 0.05) is 18.3 Å². The molecule has 3 rings (SSSR count). The number of para-hydroxylation sites is 2. The van der Waals surface area contributed by atoms with Crippen LogP contribution in [-0.2, 0) is 12.8 Å². The van der Waals surface area contributed by atoms with Gasteiger partial charge in [-0.15, -0.1) is 0 Å². The summed E-state index contributed by atoms with van der Waals surface area (Å²) in [6, 6.07) is 7.79. The Hall–Kier alpha value is -2.10. The monoisotopic (exact) mass is 284 g/mol. The Kier molecular flexibility index (Phi) is 4.04. The van der Waals surface area contributed by atoms with Gasteiger partial charge >= 0.3 is 0 Å². The number of aryl methyl sites for hydroxylation is 3. The van der Waals surface area contributed by atoms with Gasteiger partial charge in [-0.3, -0.25) is 0 Å². The van der Waals surface area contributed by atoms with Crippen molar-refractivity contribution in [1.29, 1.82) is 0 Å². The van der Waals surface area contributed by atoms with Gasteiger partial charge in [0.1, 0.15) is 18.5 Å². The van der Waals surface area contributed by atoms with Gasteiger partial charge < -0.3 is 9.47 Å². The molecule has 0 spiro atoms. The molecule has 0 aliphatic carbocycles. The zero-order valence-corrected chi connectivity index (χ0v) is 12.5. The third kappa shape index (κ3) is 3.15. The summed E-state index contributed by atoms with van der Waals surface area (Å²) in [5, 5.41) is 0. The first kappa shape index (κ1) is 13.9. The van der Waals surface area contributed by atoms with Crippen LogP contribution in [0.4, 0.5) is 0 Å². The molecule has 21 heavy (non-hydrogen) atoms. The highest BCUT2D eigenvalue weighted by atomic mass is 16.6. The number of hydrogen-bond donors (Lipinski definition) is 0. The summed E-state index contributed by atoms with van der Waals surface area (Å²) < 4.78 is 11.7. The standard InChI is InChI=1S/C17H20N2O2/c1-3-14-12(2)10-18-17(19-14)9-8-13-11-20-15-6-4-5-7-16(15)21-13/h4-7,10,13H,3,8-9,11H2,1-2H3/t13-/m1/s1. The van der Waals surface area contributed by atoms with E-state index in [4.69, 9.17) is 9.47 Å². The summed E-state index contributed by atoms with van der Waals surface area (Å²) in [5.74, 6) is 2.54. The lowest BCUT2D eigenvalue weighted by molar-refractivity contribution is 0.0847. The molecular formula is C17H20N2O2. The smallest absolute Gasteiger partial charge is 0.161 e. The van der Waals surface area contributed by atoms with E-state index in [1.165, 1.54) is 0 Å². The normalized spacial score (nSPS) is 16.8. The molecule has 1 aromatic carbocycles. The minimum Gasteiger partial charge on any atom is -0.486 e. The molecule has 0 saturated heterocycles. The van der Waals surface area contributed by atoms with Gasteiger partial charge in [-0.1, -0.05) is 19.1 Å². The molecule has 0 amide bonds. The maximum Gasteiger partial charge on any atom is 0.161 e. The molecule has 1 aromatic heterocycles. The third-order valence-corrected chi connectivity index (χ3v) is 3.72. The lowest BCUT2D eigenvalue weighted by atomic mass is 10.1. The minimum atomic E-state index is 0.0647. The molecule has 0 unspecified atom stereocenters. The van der Waals surface area contributed by atoms with Crippen LogP contribution >= 0.6 is 0 Å². The van der Waals surface area contributed by atoms with Crippen LogP contribution in [0.5, 0.6) is 11.5 Å². The van der Waals surface area contributed by atoms with E-state index >= 15 is 0 Å². The Morgan fingerprint density at radius 2 is 2.05 bits per heavy atom. The summed E-state index contributed by atoms with van der Waals surface area (Å²) in [6.07, 6.45) is 4.59. The molecule has 110 valence electrons. The largest absolute Gasteiger partial charge is 0.486 e. The van der Waals surface area contributed by atoms with E-state index in [1.807, 2.05) is 30.5 Å². The van der Waals surface area contributed by atoms with E-state index in [9.17, 15) is 0 Å². The molecule has 0 radical (unpaired) electrons. The second-order valence-corrected chi connectivity index (χ2v) is 5.31. The fraction of sp³-hybridized carbons (Fsp3) is 0.412. The van der Waals surface area contributed by atoms with E-state index in [1.54, 1.807) is 0 Å². The van der Waals surface area contributed by atoms with Gasteiger partial charge in [0.2, 0.25) is 0 Å². The molecule has 1 atom stereocenters. The molecule has 0 fully saturated rings. The molecule has 0 saturated carbocycles. The highest BCUT2D eigenvalue weighted by molar-refractivity contribution is 5.40. The first-order chi connectivity index (χ1) is 10.3. The van der Waals surface area contributed by atoms with E-state index in [-0.39, 0.29) is 6.10 Å². The fourth-order valence-corrected chi connectivity index (χ4v) is 2.49. The van der Waals surface area contributed by atoms with E-state index < -0.39 is 0 Å². The first-order valence-electron chi connectivity index (χ1n) is 7.46. The van der Waals surface area contributed by atoms with Crippen molar-refractivity contribution in [1.82, 2.24) is 9.97 Å². The van der Waals surface area contributed by atoms with Crippen LogP contribution in [0.3, 0.4) is 0 Å². The van der Waals surface area contributed by atoms with Crippen molar-refractivity contribution in [2.45, 2.75) is 39.2 Å². The quantitative estimate of drug-likeness (QED) is 0.865. The van der Waals surface area contributed by atoms with Crippen molar-refractivity contribution in [3.63, 3.8) is 0 Å². The maximum absolute atomic E-state index is 5.95. The van der Waals surface area contributed by atoms with Gasteiger partial charge in [-0.2, -0.15) is 0 Å². The predicted molar refractivity (Wildman–Crippen MR) is 80.8 cm³/mol. The van der Waals surface area contributed by atoms with Crippen molar-refractivity contribution < 1.29 is 9.47 Å². The highest BCUT2D eigenvalue weighted by Crippen LogP contribution is 2.31. The van der Waals surface area contributed by atoms with Gasteiger partial charge in [0.15, 0.2) is 11.5 Å². The summed E-state index contributed by atoms with van der Waals surface area (Å²) >= 11 is 0. The van der Waals surface area contributed by atoms with E-state index in [2.05, 4.69) is 23.8 Å². The van der Waals surface area contributed by atoms with Crippen molar-refractivity contribution in [3.8, 4) is 11.5 Å². The van der Waals surface area contributed by atoms with Crippen molar-refractivity contribution in [3.05, 3.63) is 47.5 Å². The lowest BCUT2D eigenvalue weighted by Crippen LogP contribution is -2.29.